The van der Waals surface area contributed by atoms with Gasteiger partial charge in [0.1, 0.15) is 5.82 Å². The number of carboxylic acids is 1. The molecular weight excluding hydrogens is 343 g/mol. The van der Waals surface area contributed by atoms with Crippen molar-refractivity contribution in [2.75, 3.05) is 0 Å². The molecular formula is C14H12BrFN2O3. The number of hydrogen-bond acceptors (Lipinski definition) is 3. The zero-order valence-electron chi connectivity index (χ0n) is 11.4. The fraction of sp³-hybridized carbons (Fsp3) is 0.214. The molecule has 2 rings (SSSR count). The molecule has 21 heavy (non-hydrogen) atoms. The van der Waals surface area contributed by atoms with E-state index in [0.29, 0.717) is 21.4 Å². The summed E-state index contributed by atoms with van der Waals surface area (Å²) < 4.78 is 15.7. The van der Waals surface area contributed by atoms with Crippen molar-refractivity contribution in [2.24, 2.45) is 0 Å². The maximum Gasteiger partial charge on any atom is 0.352 e. The summed E-state index contributed by atoms with van der Waals surface area (Å²) in [5.74, 6) is -1.63. The lowest BCUT2D eigenvalue weighted by Gasteiger charge is -2.15. The zero-order chi connectivity index (χ0) is 15.7. The van der Waals surface area contributed by atoms with Crippen LogP contribution in [0, 0.1) is 19.7 Å². The third-order valence-corrected chi connectivity index (χ3v) is 3.64. The first-order valence-corrected chi connectivity index (χ1v) is 6.87. The third kappa shape index (κ3) is 3.02. The molecule has 0 spiro atoms. The Hall–Kier alpha value is -2.02. The minimum absolute atomic E-state index is 0.0415. The number of aliphatic carboxylic acids is 1. The Balaban J connectivity index is 2.74. The molecule has 0 radical (unpaired) electrons. The molecule has 1 N–H and O–H groups in total. The fourth-order valence-electron chi connectivity index (χ4n) is 2.15. The second-order valence-corrected chi connectivity index (χ2v) is 5.46. The summed E-state index contributed by atoms with van der Waals surface area (Å²) in [7, 11) is 0. The molecule has 0 fully saturated rings. The highest BCUT2D eigenvalue weighted by molar-refractivity contribution is 9.10. The Kier molecular flexibility index (Phi) is 4.22. The van der Waals surface area contributed by atoms with E-state index in [4.69, 9.17) is 5.11 Å². The topological polar surface area (TPSA) is 72.2 Å². The van der Waals surface area contributed by atoms with Gasteiger partial charge in [-0.25, -0.2) is 9.18 Å². The number of aryl methyl sites for hydroxylation is 1. The van der Waals surface area contributed by atoms with Gasteiger partial charge in [0.25, 0.3) is 0 Å². The number of rotatable bonds is 3. The normalized spacial score (nSPS) is 10.7. The lowest BCUT2D eigenvalue weighted by atomic mass is 10.1. The van der Waals surface area contributed by atoms with Gasteiger partial charge in [-0.15, -0.1) is 0 Å². The predicted octanol–water partition coefficient (Wildman–Crippen LogP) is 2.38. The lowest BCUT2D eigenvalue weighted by molar-refractivity contribution is -0.136. The molecule has 1 heterocycles. The number of carboxylic acid groups (broad SMARTS) is 1. The van der Waals surface area contributed by atoms with E-state index in [-0.39, 0.29) is 12.1 Å². The van der Waals surface area contributed by atoms with E-state index in [9.17, 15) is 14.0 Å². The van der Waals surface area contributed by atoms with Crippen LogP contribution in [0.15, 0.2) is 27.5 Å². The van der Waals surface area contributed by atoms with Crippen molar-refractivity contribution in [3.05, 3.63) is 55.9 Å². The highest BCUT2D eigenvalue weighted by Gasteiger charge is 2.17. The van der Waals surface area contributed by atoms with Crippen LogP contribution in [-0.2, 0) is 11.2 Å². The molecule has 110 valence electrons. The molecule has 1 aromatic heterocycles. The van der Waals surface area contributed by atoms with Gasteiger partial charge >= 0.3 is 11.7 Å². The van der Waals surface area contributed by atoms with Crippen molar-refractivity contribution in [3.63, 3.8) is 0 Å². The van der Waals surface area contributed by atoms with Gasteiger partial charge in [0.05, 0.1) is 12.1 Å². The summed E-state index contributed by atoms with van der Waals surface area (Å²) in [5.41, 5.74) is 0.523. The van der Waals surface area contributed by atoms with Gasteiger partial charge in [0, 0.05) is 21.4 Å². The number of hydrogen-bond donors (Lipinski definition) is 1. The first kappa shape index (κ1) is 15.4. The molecule has 0 aliphatic carbocycles. The van der Waals surface area contributed by atoms with E-state index in [0.717, 1.165) is 4.57 Å². The maximum absolute atomic E-state index is 14.1. The Morgan fingerprint density at radius 2 is 2.10 bits per heavy atom. The van der Waals surface area contributed by atoms with Crippen LogP contribution >= 0.6 is 15.9 Å². The van der Waals surface area contributed by atoms with Gasteiger partial charge in [0.15, 0.2) is 0 Å². The van der Waals surface area contributed by atoms with Gasteiger partial charge in [-0.2, -0.15) is 4.98 Å². The molecule has 1 aromatic carbocycles. The summed E-state index contributed by atoms with van der Waals surface area (Å²) in [4.78, 5) is 26.8. The number of halogens is 2. The smallest absolute Gasteiger partial charge is 0.352 e. The third-order valence-electron chi connectivity index (χ3n) is 3.14. The largest absolute Gasteiger partial charge is 0.481 e. The van der Waals surface area contributed by atoms with E-state index < -0.39 is 17.5 Å². The molecule has 5 nitrogen and oxygen atoms in total. The standard InChI is InChI=1S/C14H12BrFN2O3/c1-7-10(6-13(19)20)8(2)18(14(21)17-7)12-4-3-9(15)5-11(12)16/h3-5H,6H2,1-2H3,(H,19,20). The Bertz CT molecular complexity index is 787. The Labute approximate surface area is 128 Å². The Morgan fingerprint density at radius 3 is 2.67 bits per heavy atom. The summed E-state index contributed by atoms with van der Waals surface area (Å²) >= 11 is 3.14. The highest BCUT2D eigenvalue weighted by Crippen LogP contribution is 2.20. The second kappa shape index (κ2) is 5.77. The molecule has 0 saturated carbocycles. The summed E-state index contributed by atoms with van der Waals surface area (Å²) in [6.07, 6.45) is -0.275. The first-order valence-electron chi connectivity index (χ1n) is 6.07. The van der Waals surface area contributed by atoms with Crippen LogP contribution in [0.2, 0.25) is 0 Å². The molecule has 0 amide bonds. The van der Waals surface area contributed by atoms with E-state index in [2.05, 4.69) is 20.9 Å². The number of aromatic nitrogens is 2. The summed E-state index contributed by atoms with van der Waals surface area (Å²) in [6.45, 7) is 3.14. The van der Waals surface area contributed by atoms with Crippen LogP contribution < -0.4 is 5.69 Å². The van der Waals surface area contributed by atoms with E-state index in [1.807, 2.05) is 0 Å². The average molecular weight is 355 g/mol. The second-order valence-electron chi connectivity index (χ2n) is 4.55. The predicted molar refractivity (Wildman–Crippen MR) is 78.3 cm³/mol. The minimum Gasteiger partial charge on any atom is -0.481 e. The monoisotopic (exact) mass is 354 g/mol. The van der Waals surface area contributed by atoms with Gasteiger partial charge in [-0.1, -0.05) is 15.9 Å². The Morgan fingerprint density at radius 1 is 1.43 bits per heavy atom. The number of benzene rings is 1. The van der Waals surface area contributed by atoms with Crippen LogP contribution in [0.4, 0.5) is 4.39 Å². The van der Waals surface area contributed by atoms with Crippen LogP contribution in [0.1, 0.15) is 17.0 Å². The molecule has 0 aliphatic rings. The summed E-state index contributed by atoms with van der Waals surface area (Å²) in [5, 5.41) is 8.94. The maximum atomic E-state index is 14.1. The average Bonchev–Trinajstić information content (AvgIpc) is 2.36. The lowest BCUT2D eigenvalue weighted by Crippen LogP contribution is -2.27. The van der Waals surface area contributed by atoms with Gasteiger partial charge in [-0.3, -0.25) is 9.36 Å². The van der Waals surface area contributed by atoms with E-state index >= 15 is 0 Å². The highest BCUT2D eigenvalue weighted by atomic mass is 79.9. The molecule has 2 aromatic rings. The van der Waals surface area contributed by atoms with Gasteiger partial charge < -0.3 is 5.11 Å². The van der Waals surface area contributed by atoms with Crippen molar-refractivity contribution in [3.8, 4) is 5.69 Å². The molecule has 0 unspecified atom stereocenters. The van der Waals surface area contributed by atoms with Gasteiger partial charge in [-0.05, 0) is 32.0 Å². The van der Waals surface area contributed by atoms with Crippen molar-refractivity contribution >= 4 is 21.9 Å². The number of nitrogens with zero attached hydrogens (tertiary/aromatic N) is 2. The van der Waals surface area contributed by atoms with Crippen molar-refractivity contribution in [1.29, 1.82) is 0 Å². The van der Waals surface area contributed by atoms with E-state index in [1.54, 1.807) is 19.9 Å². The molecule has 0 saturated heterocycles. The van der Waals surface area contributed by atoms with Crippen LogP contribution in [-0.4, -0.2) is 20.6 Å². The SMILES string of the molecule is Cc1nc(=O)n(-c2ccc(Br)cc2F)c(C)c1CC(=O)O. The summed E-state index contributed by atoms with van der Waals surface area (Å²) in [6, 6.07) is 4.27. The quantitative estimate of drug-likeness (QED) is 0.918. The van der Waals surface area contributed by atoms with E-state index in [1.165, 1.54) is 12.1 Å². The van der Waals surface area contributed by atoms with Crippen molar-refractivity contribution in [1.82, 2.24) is 9.55 Å². The first-order chi connectivity index (χ1) is 9.81. The van der Waals surface area contributed by atoms with Crippen LogP contribution in [0.3, 0.4) is 0 Å². The minimum atomic E-state index is -1.04. The fourth-order valence-corrected chi connectivity index (χ4v) is 2.49. The molecule has 0 bridgehead atoms. The number of carbonyl (C=O) groups is 1. The van der Waals surface area contributed by atoms with Crippen LogP contribution in [0.25, 0.3) is 5.69 Å². The van der Waals surface area contributed by atoms with Crippen molar-refractivity contribution < 1.29 is 14.3 Å². The van der Waals surface area contributed by atoms with Crippen LogP contribution in [0.5, 0.6) is 0 Å². The zero-order valence-corrected chi connectivity index (χ0v) is 12.9. The molecule has 0 aliphatic heterocycles. The van der Waals surface area contributed by atoms with Gasteiger partial charge in [0.2, 0.25) is 0 Å². The molecule has 0 atom stereocenters. The van der Waals surface area contributed by atoms with Crippen molar-refractivity contribution in [2.45, 2.75) is 20.3 Å². The molecule has 7 heteroatoms.